The van der Waals surface area contributed by atoms with Crippen LogP contribution in [0.15, 0.2) is 23.1 Å². The van der Waals surface area contributed by atoms with E-state index in [-0.39, 0.29) is 11.7 Å². The molecule has 0 fully saturated rings. The monoisotopic (exact) mass is 292 g/mol. The van der Waals surface area contributed by atoms with Gasteiger partial charge < -0.3 is 5.73 Å². The number of anilines is 1. The minimum absolute atomic E-state index is 0.216. The summed E-state index contributed by atoms with van der Waals surface area (Å²) in [7, 11) is -3.86. The fourth-order valence-corrected chi connectivity index (χ4v) is 3.39. The average molecular weight is 292 g/mol. The Labute approximate surface area is 111 Å². The number of nitrogens with two attached hydrogens (primary N) is 1. The highest BCUT2D eigenvalue weighted by Gasteiger charge is 2.21. The van der Waals surface area contributed by atoms with Crippen molar-refractivity contribution in [1.82, 2.24) is 4.72 Å². The lowest BCUT2D eigenvalue weighted by atomic mass is 10.3. The number of nitrogen functional groups attached to an aromatic ring is 1. The molecule has 0 aliphatic carbocycles. The predicted molar refractivity (Wildman–Crippen MR) is 73.6 cm³/mol. The van der Waals surface area contributed by atoms with Gasteiger partial charge in [0.15, 0.2) is 0 Å². The number of halogens is 1. The third kappa shape index (κ3) is 4.15. The molecule has 0 spiro atoms. The second kappa shape index (κ2) is 6.40. The lowest BCUT2D eigenvalue weighted by Gasteiger charge is -2.14. The summed E-state index contributed by atoms with van der Waals surface area (Å²) in [5, 5.41) is 0. The maximum Gasteiger partial charge on any atom is 0.243 e. The van der Waals surface area contributed by atoms with Crippen molar-refractivity contribution >= 4 is 27.5 Å². The van der Waals surface area contributed by atoms with Gasteiger partial charge in [-0.15, -0.1) is 0 Å². The molecule has 3 N–H and O–H groups in total. The topological polar surface area (TPSA) is 72.2 Å². The first kappa shape index (κ1) is 15.3. The Hall–Kier alpha value is -0.790. The summed E-state index contributed by atoms with van der Waals surface area (Å²) in [6, 6.07) is 3.25. The third-order valence-corrected chi connectivity index (χ3v) is 4.60. The van der Waals surface area contributed by atoms with E-state index in [9.17, 15) is 12.8 Å². The summed E-state index contributed by atoms with van der Waals surface area (Å²) in [4.78, 5) is -0.404. The van der Waals surface area contributed by atoms with Gasteiger partial charge in [-0.1, -0.05) is 0 Å². The standard InChI is InChI=1S/C11H17FN2O2S2/c1-8(5-6-17-2)14-18(15,16)11-7-9(13)3-4-10(11)12/h3-4,7-8,14H,5-6,13H2,1-2H3. The van der Waals surface area contributed by atoms with Gasteiger partial charge in [-0.05, 0) is 43.6 Å². The first-order valence-electron chi connectivity index (χ1n) is 5.43. The van der Waals surface area contributed by atoms with Crippen LogP contribution < -0.4 is 10.5 Å². The Balaban J connectivity index is 2.89. The van der Waals surface area contributed by atoms with E-state index >= 15 is 0 Å². The van der Waals surface area contributed by atoms with Crippen LogP contribution in [0.2, 0.25) is 0 Å². The molecule has 1 aromatic rings. The number of rotatable bonds is 6. The molecule has 0 aliphatic heterocycles. The molecule has 4 nitrogen and oxygen atoms in total. The Bertz CT molecular complexity index is 506. The number of nitrogens with one attached hydrogen (secondary N) is 1. The van der Waals surface area contributed by atoms with Gasteiger partial charge >= 0.3 is 0 Å². The van der Waals surface area contributed by atoms with Crippen molar-refractivity contribution in [2.24, 2.45) is 0 Å². The van der Waals surface area contributed by atoms with Crippen molar-refractivity contribution in [3.63, 3.8) is 0 Å². The lowest BCUT2D eigenvalue weighted by molar-refractivity contribution is 0.540. The van der Waals surface area contributed by atoms with Crippen LogP contribution in [0.3, 0.4) is 0 Å². The number of hydrogen-bond acceptors (Lipinski definition) is 4. The molecular formula is C11H17FN2O2S2. The first-order chi connectivity index (χ1) is 8.36. The summed E-state index contributed by atoms with van der Waals surface area (Å²) in [5.41, 5.74) is 5.69. The van der Waals surface area contributed by atoms with E-state index in [1.807, 2.05) is 6.26 Å². The lowest BCUT2D eigenvalue weighted by Crippen LogP contribution is -2.33. The minimum atomic E-state index is -3.86. The second-order valence-corrected chi connectivity index (χ2v) is 6.66. The zero-order valence-corrected chi connectivity index (χ0v) is 11.9. The molecule has 18 heavy (non-hydrogen) atoms. The van der Waals surface area contributed by atoms with Crippen molar-refractivity contribution in [2.45, 2.75) is 24.3 Å². The van der Waals surface area contributed by atoms with Crippen LogP contribution in [0, 0.1) is 5.82 Å². The minimum Gasteiger partial charge on any atom is -0.399 e. The number of thioether (sulfide) groups is 1. The van der Waals surface area contributed by atoms with Crippen molar-refractivity contribution in [1.29, 1.82) is 0 Å². The summed E-state index contributed by atoms with van der Waals surface area (Å²) < 4.78 is 39.9. The number of benzene rings is 1. The van der Waals surface area contributed by atoms with Gasteiger partial charge in [0, 0.05) is 11.7 Å². The second-order valence-electron chi connectivity index (χ2n) is 3.99. The quantitative estimate of drug-likeness (QED) is 0.785. The van der Waals surface area contributed by atoms with E-state index in [0.29, 0.717) is 6.42 Å². The fourth-order valence-electron chi connectivity index (χ4n) is 1.41. The van der Waals surface area contributed by atoms with Crippen molar-refractivity contribution < 1.29 is 12.8 Å². The molecule has 0 saturated carbocycles. The highest BCUT2D eigenvalue weighted by molar-refractivity contribution is 7.98. The van der Waals surface area contributed by atoms with Crippen LogP contribution in [-0.4, -0.2) is 26.5 Å². The Morgan fingerprint density at radius 2 is 2.17 bits per heavy atom. The van der Waals surface area contributed by atoms with Crippen LogP contribution in [0.25, 0.3) is 0 Å². The van der Waals surface area contributed by atoms with E-state index in [0.717, 1.165) is 17.9 Å². The van der Waals surface area contributed by atoms with E-state index < -0.39 is 20.7 Å². The van der Waals surface area contributed by atoms with Gasteiger partial charge in [0.1, 0.15) is 10.7 Å². The Morgan fingerprint density at radius 1 is 1.50 bits per heavy atom. The molecule has 0 aromatic heterocycles. The highest BCUT2D eigenvalue weighted by atomic mass is 32.2. The van der Waals surface area contributed by atoms with Crippen LogP contribution in [-0.2, 0) is 10.0 Å². The molecule has 7 heteroatoms. The summed E-state index contributed by atoms with van der Waals surface area (Å²) in [6.45, 7) is 1.75. The first-order valence-corrected chi connectivity index (χ1v) is 8.31. The molecule has 102 valence electrons. The molecular weight excluding hydrogens is 275 g/mol. The van der Waals surface area contributed by atoms with Gasteiger partial charge in [0.25, 0.3) is 0 Å². The van der Waals surface area contributed by atoms with Gasteiger partial charge in [-0.25, -0.2) is 17.5 Å². The maximum atomic E-state index is 13.5. The van der Waals surface area contributed by atoms with E-state index in [1.165, 1.54) is 6.07 Å². The molecule has 1 aromatic carbocycles. The fraction of sp³-hybridized carbons (Fsp3) is 0.455. The molecule has 1 rings (SSSR count). The van der Waals surface area contributed by atoms with Crippen LogP contribution in [0.4, 0.5) is 10.1 Å². The SMILES string of the molecule is CSCCC(C)NS(=O)(=O)c1cc(N)ccc1F. The molecule has 0 radical (unpaired) electrons. The summed E-state index contributed by atoms with van der Waals surface area (Å²) in [5.74, 6) is 0.0390. The van der Waals surface area contributed by atoms with Crippen molar-refractivity contribution in [3.05, 3.63) is 24.0 Å². The van der Waals surface area contributed by atoms with E-state index in [1.54, 1.807) is 18.7 Å². The molecule has 1 atom stereocenters. The summed E-state index contributed by atoms with van der Waals surface area (Å²) in [6.07, 6.45) is 2.63. The molecule has 0 bridgehead atoms. The zero-order chi connectivity index (χ0) is 13.8. The molecule has 0 saturated heterocycles. The molecule has 0 amide bonds. The Kier molecular flexibility index (Phi) is 5.43. The van der Waals surface area contributed by atoms with Crippen LogP contribution in [0.1, 0.15) is 13.3 Å². The van der Waals surface area contributed by atoms with E-state index in [2.05, 4.69) is 4.72 Å². The van der Waals surface area contributed by atoms with Crippen LogP contribution >= 0.6 is 11.8 Å². The maximum absolute atomic E-state index is 13.5. The largest absolute Gasteiger partial charge is 0.399 e. The van der Waals surface area contributed by atoms with Gasteiger partial charge in [-0.3, -0.25) is 0 Å². The van der Waals surface area contributed by atoms with Crippen LogP contribution in [0.5, 0.6) is 0 Å². The van der Waals surface area contributed by atoms with E-state index in [4.69, 9.17) is 5.73 Å². The Morgan fingerprint density at radius 3 is 2.78 bits per heavy atom. The number of hydrogen-bond donors (Lipinski definition) is 2. The van der Waals surface area contributed by atoms with Gasteiger partial charge in [-0.2, -0.15) is 11.8 Å². The normalized spacial score (nSPS) is 13.5. The van der Waals surface area contributed by atoms with Crippen molar-refractivity contribution in [3.8, 4) is 0 Å². The van der Waals surface area contributed by atoms with Gasteiger partial charge in [0.05, 0.1) is 0 Å². The summed E-state index contributed by atoms with van der Waals surface area (Å²) >= 11 is 1.63. The number of sulfonamides is 1. The third-order valence-electron chi connectivity index (χ3n) is 2.36. The highest BCUT2D eigenvalue weighted by Crippen LogP contribution is 2.18. The van der Waals surface area contributed by atoms with Gasteiger partial charge in [0.2, 0.25) is 10.0 Å². The van der Waals surface area contributed by atoms with Crippen molar-refractivity contribution in [2.75, 3.05) is 17.7 Å². The average Bonchev–Trinajstić information content (AvgIpc) is 2.29. The molecule has 0 aliphatic rings. The smallest absolute Gasteiger partial charge is 0.243 e. The zero-order valence-electron chi connectivity index (χ0n) is 10.3. The predicted octanol–water partition coefficient (Wildman–Crippen LogP) is 1.83. The molecule has 1 unspecified atom stereocenters. The molecule has 0 heterocycles.